The van der Waals surface area contributed by atoms with Crippen molar-refractivity contribution in [2.24, 2.45) is 0 Å². The fourth-order valence-corrected chi connectivity index (χ4v) is 10.9. The van der Waals surface area contributed by atoms with E-state index in [1.54, 1.807) is 0 Å². The molecule has 2 aliphatic carbocycles. The van der Waals surface area contributed by atoms with Gasteiger partial charge in [-0.05, 0) is 102 Å². The molecule has 11 aromatic rings. The second-order valence-electron chi connectivity index (χ2n) is 20.2. The molecule has 0 unspecified atom stereocenters. The molecule has 71 heavy (non-hydrogen) atoms. The lowest BCUT2D eigenvalue weighted by molar-refractivity contribution is 0.584. The largest absolute Gasteiger partial charge is 0.456 e. The lowest BCUT2D eigenvalue weighted by Gasteiger charge is -2.33. The van der Waals surface area contributed by atoms with Crippen LogP contribution in [0.5, 0.6) is 0 Å². The van der Waals surface area contributed by atoms with E-state index in [0.717, 1.165) is 17.6 Å². The van der Waals surface area contributed by atoms with E-state index < -0.39 is 0 Å². The van der Waals surface area contributed by atoms with Crippen molar-refractivity contribution in [2.45, 2.75) is 64.2 Å². The van der Waals surface area contributed by atoms with Gasteiger partial charge in [0.15, 0.2) is 0 Å². The van der Waals surface area contributed by atoms with E-state index in [-0.39, 0.29) is 16.2 Å². The Labute approximate surface area is 421 Å². The Hall–Kier alpha value is -8.00. The van der Waals surface area contributed by atoms with E-state index >= 15 is 0 Å². The zero-order chi connectivity index (χ0) is 49.0. The van der Waals surface area contributed by atoms with Crippen LogP contribution in [0, 0.1) is 0 Å². The molecule has 2 aliphatic rings. The molecule has 1 aromatic heterocycles. The Bertz CT molecular complexity index is 3470. The van der Waals surface area contributed by atoms with Crippen molar-refractivity contribution >= 4 is 21.9 Å². The Balaban J connectivity index is 0.000000115. The summed E-state index contributed by atoms with van der Waals surface area (Å²) < 4.78 is 5.91. The molecule has 348 valence electrons. The van der Waals surface area contributed by atoms with Gasteiger partial charge in [-0.15, -0.1) is 0 Å². The molecule has 13 rings (SSSR count). The van der Waals surface area contributed by atoms with E-state index in [0.29, 0.717) is 0 Å². The topological polar surface area (TPSA) is 13.1 Å². The molecule has 0 saturated heterocycles. The first-order valence-corrected chi connectivity index (χ1v) is 25.2. The first-order chi connectivity index (χ1) is 34.6. The zero-order valence-corrected chi connectivity index (χ0v) is 41.9. The van der Waals surface area contributed by atoms with Crippen molar-refractivity contribution in [2.75, 3.05) is 0 Å². The van der Waals surface area contributed by atoms with E-state index in [4.69, 9.17) is 4.42 Å². The van der Waals surface area contributed by atoms with Gasteiger partial charge in [0, 0.05) is 16.2 Å². The Morgan fingerprint density at radius 1 is 0.380 bits per heavy atom. The summed E-state index contributed by atoms with van der Waals surface area (Å²) in [6, 6.07) is 90.6. The molecule has 0 N–H and O–H groups in total. The standard InChI is InChI=1S/C25H18.C19H22.C18H12O.C8H10/c1-3-11-19(12-4-1)25(20-13-5-2-6-14-20)23-17-9-7-15-21(23)22-16-8-10-18-24(22)25;1-18(2,3)13-10-11-15-14-8-6-7-9-16(14)19(4,5)17(15)12-13;1-2-7-13(8-3-1)14-10-6-12-17-18(14)15-9-4-5-11-16(15)19-17;1-2-8-6-4-3-5-7-8/h1-18H;6-12H,1-5H3;1-12H;3-7H,2H2,1H3. The normalized spacial score (nSPS) is 13.2. The highest BCUT2D eigenvalue weighted by molar-refractivity contribution is 6.12. The average molecular weight is 919 g/mol. The fourth-order valence-electron chi connectivity index (χ4n) is 10.9. The Morgan fingerprint density at radius 2 is 0.817 bits per heavy atom. The van der Waals surface area contributed by atoms with Crippen LogP contribution in [0.1, 0.15) is 86.1 Å². The number of fused-ring (bicyclic) bond motifs is 9. The minimum atomic E-state index is -0.254. The smallest absolute Gasteiger partial charge is 0.136 e. The van der Waals surface area contributed by atoms with Gasteiger partial charge >= 0.3 is 0 Å². The number of hydrogen-bond donors (Lipinski definition) is 0. The van der Waals surface area contributed by atoms with Crippen molar-refractivity contribution in [3.8, 4) is 33.4 Å². The van der Waals surface area contributed by atoms with Gasteiger partial charge in [-0.2, -0.15) is 0 Å². The summed E-state index contributed by atoms with van der Waals surface area (Å²) in [5.41, 5.74) is 21.0. The second kappa shape index (κ2) is 19.8. The number of rotatable bonds is 4. The summed E-state index contributed by atoms with van der Waals surface area (Å²) in [6.07, 6.45) is 1.14. The van der Waals surface area contributed by atoms with Crippen LogP contribution in [0.3, 0.4) is 0 Å². The van der Waals surface area contributed by atoms with Gasteiger partial charge in [0.05, 0.1) is 5.41 Å². The van der Waals surface area contributed by atoms with Gasteiger partial charge in [-0.1, -0.05) is 284 Å². The number of aryl methyl sites for hydroxylation is 1. The predicted molar refractivity (Wildman–Crippen MR) is 301 cm³/mol. The molecule has 10 aromatic carbocycles. The number of benzene rings is 10. The van der Waals surface area contributed by atoms with Gasteiger partial charge in [0.2, 0.25) is 0 Å². The molecule has 1 nitrogen and oxygen atoms in total. The van der Waals surface area contributed by atoms with E-state index in [1.807, 2.05) is 36.4 Å². The lowest BCUT2D eigenvalue weighted by atomic mass is 9.68. The van der Waals surface area contributed by atoms with E-state index in [2.05, 4.69) is 260 Å². The summed E-state index contributed by atoms with van der Waals surface area (Å²) in [5, 5.41) is 2.38. The van der Waals surface area contributed by atoms with Gasteiger partial charge in [-0.25, -0.2) is 0 Å². The molecule has 0 bridgehead atoms. The van der Waals surface area contributed by atoms with Crippen LogP contribution in [-0.2, 0) is 22.7 Å². The quantitative estimate of drug-likeness (QED) is 0.171. The van der Waals surface area contributed by atoms with Crippen LogP contribution in [0.25, 0.3) is 55.3 Å². The minimum absolute atomic E-state index is 0.118. The van der Waals surface area contributed by atoms with Gasteiger partial charge in [-0.3, -0.25) is 0 Å². The molecule has 0 amide bonds. The van der Waals surface area contributed by atoms with Crippen molar-refractivity contribution in [1.29, 1.82) is 0 Å². The first kappa shape index (κ1) is 46.7. The first-order valence-electron chi connectivity index (χ1n) is 25.2. The molecular formula is C70H62O. The number of furan rings is 1. The molecule has 0 spiro atoms. The summed E-state index contributed by atoms with van der Waals surface area (Å²) >= 11 is 0. The zero-order valence-electron chi connectivity index (χ0n) is 41.9. The van der Waals surface area contributed by atoms with E-state index in [1.165, 1.54) is 88.7 Å². The Kier molecular flexibility index (Phi) is 13.0. The highest BCUT2D eigenvalue weighted by Gasteiger charge is 2.45. The minimum Gasteiger partial charge on any atom is -0.456 e. The second-order valence-corrected chi connectivity index (χ2v) is 20.2. The van der Waals surface area contributed by atoms with Gasteiger partial charge in [0.1, 0.15) is 11.2 Å². The average Bonchev–Trinajstić information content (AvgIpc) is 4.04. The van der Waals surface area contributed by atoms with Gasteiger partial charge in [0.25, 0.3) is 0 Å². The molecule has 0 fully saturated rings. The third kappa shape index (κ3) is 8.83. The van der Waals surface area contributed by atoms with Crippen LogP contribution in [-0.4, -0.2) is 0 Å². The molecule has 1 heterocycles. The third-order valence-corrected chi connectivity index (χ3v) is 14.6. The Morgan fingerprint density at radius 3 is 1.37 bits per heavy atom. The van der Waals surface area contributed by atoms with Crippen LogP contribution in [0.15, 0.2) is 259 Å². The van der Waals surface area contributed by atoms with Crippen molar-refractivity contribution in [3.63, 3.8) is 0 Å². The SMILES string of the molecule is CC(C)(C)c1ccc2c(c1)C(C)(C)c1ccccc1-2.CCc1ccccc1.c1ccc(-c2cccc3oc4ccccc4c23)cc1.c1ccc(C2(c3ccccc3)c3ccccc3-c3ccccc32)cc1. The van der Waals surface area contributed by atoms with Crippen LogP contribution in [0.2, 0.25) is 0 Å². The monoisotopic (exact) mass is 918 g/mol. The highest BCUT2D eigenvalue weighted by atomic mass is 16.3. The number of para-hydroxylation sites is 1. The molecule has 0 radical (unpaired) electrons. The van der Waals surface area contributed by atoms with Crippen LogP contribution < -0.4 is 0 Å². The maximum absolute atomic E-state index is 5.91. The summed E-state index contributed by atoms with van der Waals surface area (Å²) in [4.78, 5) is 0. The molecule has 0 atom stereocenters. The highest BCUT2D eigenvalue weighted by Crippen LogP contribution is 2.56. The fraction of sp³-hybridized carbons (Fsp3) is 0.143. The lowest BCUT2D eigenvalue weighted by Crippen LogP contribution is -2.28. The van der Waals surface area contributed by atoms with E-state index in [9.17, 15) is 0 Å². The van der Waals surface area contributed by atoms with Crippen LogP contribution >= 0.6 is 0 Å². The maximum Gasteiger partial charge on any atom is 0.136 e. The van der Waals surface area contributed by atoms with Crippen molar-refractivity contribution < 1.29 is 4.42 Å². The summed E-state index contributed by atoms with van der Waals surface area (Å²) in [5.74, 6) is 0. The molecule has 1 heteroatoms. The van der Waals surface area contributed by atoms with Crippen molar-refractivity contribution in [1.82, 2.24) is 0 Å². The molecule has 0 aliphatic heterocycles. The maximum atomic E-state index is 5.91. The summed E-state index contributed by atoms with van der Waals surface area (Å²) in [6.45, 7) is 13.7. The van der Waals surface area contributed by atoms with Crippen LogP contribution in [0.4, 0.5) is 0 Å². The van der Waals surface area contributed by atoms with Crippen molar-refractivity contribution in [3.05, 3.63) is 299 Å². The summed E-state index contributed by atoms with van der Waals surface area (Å²) in [7, 11) is 0. The number of hydrogen-bond acceptors (Lipinski definition) is 1. The third-order valence-electron chi connectivity index (χ3n) is 14.6. The molecule has 0 saturated carbocycles. The molecular weight excluding hydrogens is 857 g/mol. The van der Waals surface area contributed by atoms with Gasteiger partial charge < -0.3 is 4.42 Å². The predicted octanol–water partition coefficient (Wildman–Crippen LogP) is 18.8.